The van der Waals surface area contributed by atoms with Gasteiger partial charge in [-0.05, 0) is 24.7 Å². The summed E-state index contributed by atoms with van der Waals surface area (Å²) in [6, 6.07) is 10.3. The monoisotopic (exact) mass is 406 g/mol. The van der Waals surface area contributed by atoms with Crippen molar-refractivity contribution in [2.75, 3.05) is 20.1 Å². The number of hydrogen-bond acceptors (Lipinski definition) is 8. The molecule has 1 saturated heterocycles. The molecule has 0 unspecified atom stereocenters. The summed E-state index contributed by atoms with van der Waals surface area (Å²) in [6.45, 7) is 4.98. The topological polar surface area (TPSA) is 79.0 Å². The predicted octanol–water partition coefficient (Wildman–Crippen LogP) is 2.85. The number of likely N-dealkylation sites (tertiary alicyclic amines) is 1. The van der Waals surface area contributed by atoms with Gasteiger partial charge >= 0.3 is 0 Å². The van der Waals surface area contributed by atoms with Crippen molar-refractivity contribution in [2.24, 2.45) is 4.99 Å². The molecule has 0 amide bonds. The number of pyridine rings is 1. The lowest BCUT2D eigenvalue weighted by Crippen LogP contribution is -2.43. The number of hydroxylamine groups is 1. The molecule has 0 aliphatic carbocycles. The van der Waals surface area contributed by atoms with Gasteiger partial charge in [-0.2, -0.15) is 0 Å². The summed E-state index contributed by atoms with van der Waals surface area (Å²) < 4.78 is 5.41. The van der Waals surface area contributed by atoms with Gasteiger partial charge in [-0.15, -0.1) is 0 Å². The first-order chi connectivity index (χ1) is 14.6. The molecule has 2 aliphatic heterocycles. The molecule has 1 N–H and O–H groups in total. The van der Waals surface area contributed by atoms with Crippen molar-refractivity contribution in [3.8, 4) is 0 Å². The number of rotatable bonds is 4. The average molecular weight is 406 g/mol. The molecule has 156 valence electrons. The fourth-order valence-corrected chi connectivity index (χ4v) is 4.00. The van der Waals surface area contributed by atoms with Crippen LogP contribution >= 0.6 is 0 Å². The Bertz CT molecular complexity index is 1070. The standard InChI is InChI=1S/C22H26N6O2/c1-16-24-19(15-29-16)14-28(13-17-11-18-5-3-4-6-20(18)23-12-17)21-25-22(30-26-21)7-9-27(2)10-8-22/h3-6,11-12,15H,7-10,13-14H2,1-2H3,(H,25,26). The molecule has 8 nitrogen and oxygen atoms in total. The number of aromatic nitrogens is 2. The highest BCUT2D eigenvalue weighted by Gasteiger charge is 2.40. The molecule has 1 fully saturated rings. The Morgan fingerprint density at radius 3 is 2.83 bits per heavy atom. The second-order valence-corrected chi connectivity index (χ2v) is 8.14. The third-order valence-electron chi connectivity index (χ3n) is 5.75. The molecular weight excluding hydrogens is 380 g/mol. The molecule has 2 aromatic heterocycles. The van der Waals surface area contributed by atoms with Crippen molar-refractivity contribution in [1.29, 1.82) is 0 Å². The van der Waals surface area contributed by atoms with Gasteiger partial charge in [0.25, 0.3) is 0 Å². The van der Waals surface area contributed by atoms with Crippen molar-refractivity contribution in [1.82, 2.24) is 25.2 Å². The first-order valence-corrected chi connectivity index (χ1v) is 10.3. The largest absolute Gasteiger partial charge is 0.449 e. The third-order valence-corrected chi connectivity index (χ3v) is 5.75. The van der Waals surface area contributed by atoms with E-state index in [4.69, 9.17) is 14.2 Å². The Morgan fingerprint density at radius 2 is 2.03 bits per heavy atom. The Hall–Kier alpha value is -2.97. The lowest BCUT2D eigenvalue weighted by Gasteiger charge is -2.33. The van der Waals surface area contributed by atoms with Crippen LogP contribution in [-0.4, -0.2) is 51.6 Å². The van der Waals surface area contributed by atoms with Gasteiger partial charge in [0.2, 0.25) is 5.96 Å². The van der Waals surface area contributed by atoms with Crippen LogP contribution in [0.3, 0.4) is 0 Å². The molecule has 1 aromatic carbocycles. The van der Waals surface area contributed by atoms with Crippen LogP contribution in [0.4, 0.5) is 0 Å². The molecule has 0 atom stereocenters. The molecule has 30 heavy (non-hydrogen) atoms. The number of para-hydroxylation sites is 1. The zero-order valence-electron chi connectivity index (χ0n) is 17.3. The SMILES string of the molecule is Cc1nc(CN(Cc2cnc3ccccc3c2)C2=NC3(CCN(C)CC3)ON2)co1. The average Bonchev–Trinajstić information content (AvgIpc) is 3.36. The number of piperidine rings is 1. The molecule has 8 heteroatoms. The molecule has 3 aromatic rings. The normalized spacial score (nSPS) is 18.5. The van der Waals surface area contributed by atoms with Crippen LogP contribution < -0.4 is 5.48 Å². The summed E-state index contributed by atoms with van der Waals surface area (Å²) >= 11 is 0. The summed E-state index contributed by atoms with van der Waals surface area (Å²) in [5.74, 6) is 1.38. The molecule has 0 saturated carbocycles. The highest BCUT2D eigenvalue weighted by atomic mass is 16.7. The van der Waals surface area contributed by atoms with Crippen molar-refractivity contribution < 1.29 is 9.25 Å². The Balaban J connectivity index is 1.42. The van der Waals surface area contributed by atoms with E-state index in [9.17, 15) is 0 Å². The van der Waals surface area contributed by atoms with Crippen LogP contribution in [0.25, 0.3) is 10.9 Å². The van der Waals surface area contributed by atoms with Crippen molar-refractivity contribution in [2.45, 2.75) is 38.6 Å². The second-order valence-electron chi connectivity index (χ2n) is 8.14. The highest BCUT2D eigenvalue weighted by Crippen LogP contribution is 2.30. The summed E-state index contributed by atoms with van der Waals surface area (Å²) in [5.41, 5.74) is 5.56. The number of nitrogens with one attached hydrogen (secondary N) is 1. The van der Waals surface area contributed by atoms with E-state index in [1.54, 1.807) is 6.26 Å². The maximum Gasteiger partial charge on any atom is 0.222 e. The lowest BCUT2D eigenvalue weighted by molar-refractivity contribution is -0.0875. The number of aryl methyl sites for hydroxylation is 1. The van der Waals surface area contributed by atoms with Crippen molar-refractivity contribution in [3.05, 3.63) is 59.9 Å². The van der Waals surface area contributed by atoms with E-state index in [1.165, 1.54) is 0 Å². The smallest absolute Gasteiger partial charge is 0.222 e. The van der Waals surface area contributed by atoms with Crippen LogP contribution in [0.1, 0.15) is 30.0 Å². The van der Waals surface area contributed by atoms with E-state index in [2.05, 4.69) is 44.4 Å². The number of benzene rings is 1. The van der Waals surface area contributed by atoms with E-state index in [-0.39, 0.29) is 0 Å². The van der Waals surface area contributed by atoms with Crippen molar-refractivity contribution in [3.63, 3.8) is 0 Å². The number of fused-ring (bicyclic) bond motifs is 1. The van der Waals surface area contributed by atoms with Crippen LogP contribution in [0.2, 0.25) is 0 Å². The Labute approximate surface area is 175 Å². The van der Waals surface area contributed by atoms with E-state index in [1.807, 2.05) is 31.3 Å². The van der Waals surface area contributed by atoms with Crippen LogP contribution in [0, 0.1) is 6.92 Å². The predicted molar refractivity (Wildman–Crippen MR) is 113 cm³/mol. The molecule has 0 bridgehead atoms. The van der Waals surface area contributed by atoms with Gasteiger partial charge in [0.05, 0.1) is 17.8 Å². The highest BCUT2D eigenvalue weighted by molar-refractivity contribution is 5.81. The van der Waals surface area contributed by atoms with Crippen LogP contribution in [0.5, 0.6) is 0 Å². The quantitative estimate of drug-likeness (QED) is 0.714. The number of hydrogen-bond donors (Lipinski definition) is 1. The van der Waals surface area contributed by atoms with Crippen LogP contribution in [0.15, 0.2) is 52.2 Å². The minimum Gasteiger partial charge on any atom is -0.449 e. The summed E-state index contributed by atoms with van der Waals surface area (Å²) in [4.78, 5) is 24.5. The second kappa shape index (κ2) is 7.70. The zero-order valence-corrected chi connectivity index (χ0v) is 17.3. The number of aliphatic imine (C=N–C) groups is 1. The fraction of sp³-hybridized carbons (Fsp3) is 0.409. The lowest BCUT2D eigenvalue weighted by atomic mass is 10.0. The number of oxazole rings is 1. The molecule has 4 heterocycles. The molecular formula is C22H26N6O2. The van der Waals surface area contributed by atoms with Crippen LogP contribution in [-0.2, 0) is 17.9 Å². The number of nitrogens with zero attached hydrogens (tertiary/aromatic N) is 5. The summed E-state index contributed by atoms with van der Waals surface area (Å²) in [5, 5.41) is 1.12. The van der Waals surface area contributed by atoms with Gasteiger partial charge < -0.3 is 14.2 Å². The van der Waals surface area contributed by atoms with E-state index in [0.717, 1.165) is 54.1 Å². The van der Waals surface area contributed by atoms with Gasteiger partial charge in [-0.3, -0.25) is 4.98 Å². The fourth-order valence-electron chi connectivity index (χ4n) is 4.00. The number of guanidine groups is 1. The molecule has 1 spiro atoms. The van der Waals surface area contributed by atoms with E-state index < -0.39 is 5.72 Å². The summed E-state index contributed by atoms with van der Waals surface area (Å²) in [7, 11) is 2.13. The first-order valence-electron chi connectivity index (χ1n) is 10.3. The minimum atomic E-state index is -0.485. The minimum absolute atomic E-state index is 0.485. The molecule has 2 aliphatic rings. The van der Waals surface area contributed by atoms with Crippen molar-refractivity contribution >= 4 is 16.9 Å². The Morgan fingerprint density at radius 1 is 1.20 bits per heavy atom. The van der Waals surface area contributed by atoms with E-state index in [0.29, 0.717) is 19.0 Å². The van der Waals surface area contributed by atoms with Gasteiger partial charge in [0.1, 0.15) is 6.26 Å². The van der Waals surface area contributed by atoms with Gasteiger partial charge in [-0.25, -0.2) is 20.3 Å². The van der Waals surface area contributed by atoms with Gasteiger partial charge in [-0.1, -0.05) is 18.2 Å². The van der Waals surface area contributed by atoms with E-state index >= 15 is 0 Å². The van der Waals surface area contributed by atoms with Gasteiger partial charge in [0.15, 0.2) is 11.6 Å². The first kappa shape index (κ1) is 19.0. The van der Waals surface area contributed by atoms with Gasteiger partial charge in [0, 0.05) is 51.0 Å². The maximum absolute atomic E-state index is 5.99. The summed E-state index contributed by atoms with van der Waals surface area (Å²) in [6.07, 6.45) is 5.36. The third kappa shape index (κ3) is 3.88. The molecule has 5 rings (SSSR count). The molecule has 0 radical (unpaired) electrons. The Kier molecular flexibility index (Phi) is 4.88. The maximum atomic E-state index is 5.99. The zero-order chi connectivity index (χ0) is 20.6.